The number of thiophene rings is 2. The van der Waals surface area contributed by atoms with Gasteiger partial charge in [0.05, 0.1) is 20.8 Å². The summed E-state index contributed by atoms with van der Waals surface area (Å²) in [5, 5.41) is 23.5. The van der Waals surface area contributed by atoms with Crippen LogP contribution in [0.25, 0.3) is 62.9 Å². The predicted octanol–water partition coefficient (Wildman–Crippen LogP) is 12.9. The number of benzene rings is 4. The average molecular weight is 707 g/mol. The fourth-order valence-electron chi connectivity index (χ4n) is 7.15. The SMILES string of the molecule is Cc1nnc(-c2cccc(Oc3cccc(-c4nnc(C)c5c4sc4cc(CC(C)(C)C)ccc45)c3)c2)c2sc3cc(CC(C)(C)C)ccc3c12. The highest BCUT2D eigenvalue weighted by Crippen LogP contribution is 2.43. The van der Waals surface area contributed by atoms with Crippen LogP contribution in [-0.2, 0) is 12.8 Å². The molecule has 0 unspecified atom stereocenters. The second-order valence-electron chi connectivity index (χ2n) is 16.2. The number of nitrogens with zero attached hydrogens (tertiary/aromatic N) is 4. The smallest absolute Gasteiger partial charge is 0.128 e. The third kappa shape index (κ3) is 6.61. The second-order valence-corrected chi connectivity index (χ2v) is 18.3. The second kappa shape index (κ2) is 12.5. The van der Waals surface area contributed by atoms with Crippen LogP contribution in [0.4, 0.5) is 0 Å². The number of rotatable bonds is 6. The van der Waals surface area contributed by atoms with E-state index in [1.165, 1.54) is 42.1 Å². The van der Waals surface area contributed by atoms with Crippen molar-refractivity contribution >= 4 is 63.0 Å². The van der Waals surface area contributed by atoms with Crippen molar-refractivity contribution in [2.45, 2.75) is 68.2 Å². The molecule has 0 atom stereocenters. The number of hydrogen-bond donors (Lipinski definition) is 0. The van der Waals surface area contributed by atoms with Crippen LogP contribution in [0.15, 0.2) is 84.9 Å². The Hall–Kier alpha value is -4.72. The molecular formula is C44H42N4OS2. The number of fused-ring (bicyclic) bond motifs is 6. The Morgan fingerprint density at radius 2 is 0.961 bits per heavy atom. The van der Waals surface area contributed by atoms with Gasteiger partial charge in [0.1, 0.15) is 22.9 Å². The zero-order chi connectivity index (χ0) is 35.7. The molecule has 0 amide bonds. The lowest BCUT2D eigenvalue weighted by Gasteiger charge is -2.18. The molecule has 51 heavy (non-hydrogen) atoms. The normalized spacial score (nSPS) is 12.5. The molecule has 0 saturated carbocycles. The van der Waals surface area contributed by atoms with E-state index in [9.17, 15) is 0 Å². The van der Waals surface area contributed by atoms with Gasteiger partial charge in [0.15, 0.2) is 0 Å². The summed E-state index contributed by atoms with van der Waals surface area (Å²) < 4.78 is 11.4. The van der Waals surface area contributed by atoms with Crippen LogP contribution < -0.4 is 4.74 Å². The quantitative estimate of drug-likeness (QED) is 0.172. The first-order valence-corrected chi connectivity index (χ1v) is 19.2. The summed E-state index contributed by atoms with van der Waals surface area (Å²) in [5.41, 5.74) is 8.77. The molecule has 0 N–H and O–H groups in total. The van der Waals surface area contributed by atoms with Crippen molar-refractivity contribution in [2.24, 2.45) is 10.8 Å². The van der Waals surface area contributed by atoms with Crippen LogP contribution >= 0.6 is 22.7 Å². The van der Waals surface area contributed by atoms with E-state index in [0.717, 1.165) is 67.6 Å². The van der Waals surface area contributed by atoms with E-state index < -0.39 is 0 Å². The Labute approximate surface area is 307 Å². The van der Waals surface area contributed by atoms with Gasteiger partial charge in [0, 0.05) is 42.1 Å². The minimum absolute atomic E-state index is 0.225. The first-order valence-electron chi connectivity index (χ1n) is 17.6. The first kappa shape index (κ1) is 33.4. The number of ether oxygens (including phenoxy) is 1. The van der Waals surface area contributed by atoms with E-state index in [2.05, 4.69) is 126 Å². The zero-order valence-electron chi connectivity index (χ0n) is 30.5. The van der Waals surface area contributed by atoms with E-state index in [1.54, 1.807) is 22.7 Å². The number of hydrogen-bond acceptors (Lipinski definition) is 7. The van der Waals surface area contributed by atoms with Crippen molar-refractivity contribution < 1.29 is 4.74 Å². The third-order valence-electron chi connectivity index (χ3n) is 9.18. The van der Waals surface area contributed by atoms with E-state index in [4.69, 9.17) is 14.9 Å². The van der Waals surface area contributed by atoms with Crippen LogP contribution in [0.5, 0.6) is 11.5 Å². The molecule has 0 aliphatic rings. The van der Waals surface area contributed by atoms with Crippen LogP contribution in [0.2, 0.25) is 0 Å². The van der Waals surface area contributed by atoms with Gasteiger partial charge in [-0.15, -0.1) is 32.9 Å². The Morgan fingerprint density at radius 1 is 0.529 bits per heavy atom. The van der Waals surface area contributed by atoms with Crippen molar-refractivity contribution in [2.75, 3.05) is 0 Å². The van der Waals surface area contributed by atoms with Crippen molar-refractivity contribution in [1.82, 2.24) is 20.4 Å². The van der Waals surface area contributed by atoms with Crippen LogP contribution in [0, 0.1) is 24.7 Å². The van der Waals surface area contributed by atoms with Gasteiger partial charge in [-0.1, -0.05) is 90.1 Å². The molecule has 4 heterocycles. The van der Waals surface area contributed by atoms with Gasteiger partial charge in [-0.3, -0.25) is 0 Å². The molecule has 5 nitrogen and oxygen atoms in total. The van der Waals surface area contributed by atoms with E-state index in [1.807, 2.05) is 24.3 Å². The van der Waals surface area contributed by atoms with Crippen molar-refractivity contribution in [3.8, 4) is 34.0 Å². The van der Waals surface area contributed by atoms with Gasteiger partial charge in [-0.25, -0.2) is 0 Å². The maximum absolute atomic E-state index is 6.53. The van der Waals surface area contributed by atoms with Gasteiger partial charge in [-0.2, -0.15) is 10.2 Å². The van der Waals surface area contributed by atoms with Gasteiger partial charge >= 0.3 is 0 Å². The minimum atomic E-state index is 0.225. The lowest BCUT2D eigenvalue weighted by atomic mass is 9.88. The molecular weight excluding hydrogens is 665 g/mol. The topological polar surface area (TPSA) is 60.8 Å². The molecule has 0 fully saturated rings. The zero-order valence-corrected chi connectivity index (χ0v) is 32.1. The summed E-state index contributed by atoms with van der Waals surface area (Å²) in [4.78, 5) is 0. The summed E-state index contributed by atoms with van der Waals surface area (Å²) in [7, 11) is 0. The van der Waals surface area contributed by atoms with Crippen LogP contribution in [0.1, 0.15) is 64.1 Å². The molecule has 0 radical (unpaired) electrons. The van der Waals surface area contributed by atoms with E-state index in [-0.39, 0.29) is 10.8 Å². The maximum Gasteiger partial charge on any atom is 0.128 e. The molecule has 0 aliphatic heterocycles. The summed E-state index contributed by atoms with van der Waals surface area (Å²) in [5.74, 6) is 1.48. The van der Waals surface area contributed by atoms with Gasteiger partial charge in [-0.05, 0) is 85.0 Å². The molecule has 4 aromatic carbocycles. The number of aryl methyl sites for hydroxylation is 2. The van der Waals surface area contributed by atoms with Gasteiger partial charge in [0.2, 0.25) is 0 Å². The Balaban J connectivity index is 1.13. The monoisotopic (exact) mass is 706 g/mol. The molecule has 8 rings (SSSR count). The Bertz CT molecular complexity index is 2440. The van der Waals surface area contributed by atoms with Gasteiger partial charge in [0.25, 0.3) is 0 Å². The van der Waals surface area contributed by atoms with Crippen LogP contribution in [0.3, 0.4) is 0 Å². The van der Waals surface area contributed by atoms with Crippen molar-refractivity contribution in [1.29, 1.82) is 0 Å². The minimum Gasteiger partial charge on any atom is -0.457 e. The fourth-order valence-corrected chi connectivity index (χ4v) is 9.80. The number of aromatic nitrogens is 4. The highest BCUT2D eigenvalue weighted by atomic mass is 32.1. The highest BCUT2D eigenvalue weighted by molar-refractivity contribution is 7.26. The lowest BCUT2D eigenvalue weighted by Crippen LogP contribution is -2.08. The molecule has 0 bridgehead atoms. The summed E-state index contributed by atoms with van der Waals surface area (Å²) in [6, 6.07) is 30.1. The lowest BCUT2D eigenvalue weighted by molar-refractivity contribution is 0.411. The summed E-state index contributed by atoms with van der Waals surface area (Å²) in [6.07, 6.45) is 2.06. The first-order chi connectivity index (χ1) is 24.3. The summed E-state index contributed by atoms with van der Waals surface area (Å²) >= 11 is 3.60. The average Bonchev–Trinajstić information content (AvgIpc) is 3.63. The van der Waals surface area contributed by atoms with E-state index >= 15 is 0 Å². The van der Waals surface area contributed by atoms with Crippen LogP contribution in [-0.4, -0.2) is 20.4 Å². The maximum atomic E-state index is 6.53. The Kier molecular flexibility index (Phi) is 8.19. The summed E-state index contributed by atoms with van der Waals surface area (Å²) in [6.45, 7) is 17.8. The molecule has 8 aromatic rings. The Morgan fingerprint density at radius 3 is 1.37 bits per heavy atom. The molecule has 4 aromatic heterocycles. The van der Waals surface area contributed by atoms with E-state index in [0.29, 0.717) is 0 Å². The third-order valence-corrected chi connectivity index (χ3v) is 11.5. The van der Waals surface area contributed by atoms with Crippen molar-refractivity contribution in [3.05, 3.63) is 107 Å². The van der Waals surface area contributed by atoms with Gasteiger partial charge < -0.3 is 4.74 Å². The predicted molar refractivity (Wildman–Crippen MR) is 217 cm³/mol. The molecule has 0 spiro atoms. The standard InChI is InChI=1S/C44H42N4OS2/c1-25-37-33-17-15-27(23-43(3,4)5)19-35(33)50-41(37)39(47-45-25)29-11-9-13-31(21-29)49-32-14-10-12-30(22-32)40-42-38(26(2)46-48-40)34-18-16-28(20-36(34)51-42)24-44(6,7)8/h9-22H,23-24H2,1-8H3. The van der Waals surface area contributed by atoms with Crippen molar-refractivity contribution in [3.63, 3.8) is 0 Å². The molecule has 0 saturated heterocycles. The highest BCUT2D eigenvalue weighted by Gasteiger charge is 2.20. The fraction of sp³-hybridized carbons (Fsp3) is 0.273. The largest absolute Gasteiger partial charge is 0.457 e. The molecule has 0 aliphatic carbocycles. The molecule has 256 valence electrons. The molecule has 7 heteroatoms.